The molecule has 2 aromatic rings. The van der Waals surface area contributed by atoms with Crippen LogP contribution in [-0.4, -0.2) is 4.98 Å². The number of aryl methyl sites for hydroxylation is 1. The number of nitrogens with zero attached hydrogens (tertiary/aromatic N) is 1. The quantitative estimate of drug-likeness (QED) is 0.845. The van der Waals surface area contributed by atoms with Crippen molar-refractivity contribution in [2.45, 2.75) is 18.4 Å². The Kier molecular flexibility index (Phi) is 3.88. The lowest BCUT2D eigenvalue weighted by atomic mass is 10.3. The Morgan fingerprint density at radius 3 is 3.00 bits per heavy atom. The second kappa shape index (κ2) is 5.18. The number of hydrogen-bond donors (Lipinski definition) is 0. The van der Waals surface area contributed by atoms with Crippen molar-refractivity contribution in [1.29, 1.82) is 0 Å². The van der Waals surface area contributed by atoms with Crippen molar-refractivity contribution in [2.24, 2.45) is 0 Å². The van der Waals surface area contributed by atoms with Crippen LogP contribution < -0.4 is 0 Å². The van der Waals surface area contributed by atoms with Crippen LogP contribution in [0.5, 0.6) is 0 Å². The zero-order valence-corrected chi connectivity index (χ0v) is 11.4. The van der Waals surface area contributed by atoms with Gasteiger partial charge in [-0.1, -0.05) is 0 Å². The highest BCUT2D eigenvalue weighted by Crippen LogP contribution is 2.25. The second-order valence-electron chi connectivity index (χ2n) is 3.10. The lowest BCUT2D eigenvalue weighted by Crippen LogP contribution is -1.80. The summed E-state index contributed by atoms with van der Waals surface area (Å²) >= 11 is 6.88. The molecule has 0 radical (unpaired) electrons. The van der Waals surface area contributed by atoms with Crippen molar-refractivity contribution < 1.29 is 4.42 Å². The molecule has 0 fully saturated rings. The van der Waals surface area contributed by atoms with Crippen molar-refractivity contribution in [1.82, 2.24) is 4.98 Å². The molecule has 0 saturated heterocycles. The van der Waals surface area contributed by atoms with E-state index in [9.17, 15) is 0 Å². The molecule has 0 unspecified atom stereocenters. The Morgan fingerprint density at radius 1 is 1.53 bits per heavy atom. The van der Waals surface area contributed by atoms with Crippen LogP contribution in [0.3, 0.4) is 0 Å². The summed E-state index contributed by atoms with van der Waals surface area (Å²) in [6.45, 7) is 2.07. The van der Waals surface area contributed by atoms with Gasteiger partial charge >= 0.3 is 0 Å². The summed E-state index contributed by atoms with van der Waals surface area (Å²) in [7, 11) is 0. The summed E-state index contributed by atoms with van der Waals surface area (Å²) in [5.74, 6) is 2.99. The van der Waals surface area contributed by atoms with Crippen LogP contribution in [0, 0.1) is 6.92 Å². The highest BCUT2D eigenvalue weighted by atomic mass is 79.9. The first-order valence-electron chi connectivity index (χ1n) is 4.46. The van der Waals surface area contributed by atoms with E-state index in [1.54, 1.807) is 17.6 Å². The van der Waals surface area contributed by atoms with E-state index in [-0.39, 0.29) is 0 Å². The van der Waals surface area contributed by atoms with Gasteiger partial charge in [0.15, 0.2) is 3.92 Å². The number of thiazole rings is 1. The number of aromatic nitrogens is 1. The number of furan rings is 1. The first-order chi connectivity index (χ1) is 7.25. The Hall–Kier alpha value is -0.260. The normalized spacial score (nSPS) is 10.8. The molecule has 0 aromatic carbocycles. The van der Waals surface area contributed by atoms with E-state index < -0.39 is 0 Å². The monoisotopic (exact) mass is 303 g/mol. The van der Waals surface area contributed by atoms with Gasteiger partial charge in [0.2, 0.25) is 0 Å². The molecule has 2 aromatic heterocycles. The number of halogens is 1. The Morgan fingerprint density at radius 2 is 2.40 bits per heavy atom. The summed E-state index contributed by atoms with van der Waals surface area (Å²) < 4.78 is 6.32. The molecular formula is C10H10BrNOS2. The summed E-state index contributed by atoms with van der Waals surface area (Å²) in [5, 5.41) is 0. The topological polar surface area (TPSA) is 26.0 Å². The SMILES string of the molecule is Cc1ccoc1CSCc1cnc(Br)s1. The van der Waals surface area contributed by atoms with Crippen molar-refractivity contribution >= 4 is 39.0 Å². The highest BCUT2D eigenvalue weighted by Gasteiger charge is 2.03. The lowest BCUT2D eigenvalue weighted by molar-refractivity contribution is 0.528. The zero-order valence-electron chi connectivity index (χ0n) is 8.20. The van der Waals surface area contributed by atoms with Gasteiger partial charge in [0.05, 0.1) is 12.0 Å². The standard InChI is InChI=1S/C10H10BrNOS2/c1-7-2-3-13-9(7)6-14-5-8-4-12-10(11)15-8/h2-4H,5-6H2,1H3. The molecule has 0 aliphatic heterocycles. The Bertz CT molecular complexity index is 438. The molecular weight excluding hydrogens is 294 g/mol. The second-order valence-corrected chi connectivity index (χ2v) is 6.48. The number of rotatable bonds is 4. The van der Waals surface area contributed by atoms with Crippen molar-refractivity contribution in [3.05, 3.63) is 38.6 Å². The minimum Gasteiger partial charge on any atom is -0.468 e. The van der Waals surface area contributed by atoms with Crippen molar-refractivity contribution in [2.75, 3.05) is 0 Å². The van der Waals surface area contributed by atoms with E-state index in [1.807, 2.05) is 24.0 Å². The summed E-state index contributed by atoms with van der Waals surface area (Å²) in [5.41, 5.74) is 1.23. The fraction of sp³-hybridized carbons (Fsp3) is 0.300. The maximum Gasteiger partial charge on any atom is 0.159 e. The Balaban J connectivity index is 1.83. The first kappa shape index (κ1) is 11.2. The molecule has 0 spiro atoms. The van der Waals surface area contributed by atoms with Crippen LogP contribution >= 0.6 is 39.0 Å². The molecule has 0 N–H and O–H groups in total. The minimum absolute atomic E-state index is 0.925. The molecule has 2 heterocycles. The first-order valence-corrected chi connectivity index (χ1v) is 7.23. The van der Waals surface area contributed by atoms with Gasteiger partial charge < -0.3 is 4.42 Å². The molecule has 80 valence electrons. The van der Waals surface area contributed by atoms with Gasteiger partial charge in [-0.2, -0.15) is 0 Å². The average Bonchev–Trinajstić information content (AvgIpc) is 2.77. The molecule has 0 saturated carbocycles. The molecule has 0 aliphatic carbocycles. The third-order valence-electron chi connectivity index (χ3n) is 1.97. The van der Waals surface area contributed by atoms with Gasteiger partial charge in [-0.25, -0.2) is 4.98 Å². The van der Waals surface area contributed by atoms with Gasteiger partial charge in [-0.05, 0) is 34.5 Å². The molecule has 5 heteroatoms. The van der Waals surface area contributed by atoms with E-state index in [4.69, 9.17) is 4.42 Å². The molecule has 0 amide bonds. The molecule has 0 aliphatic rings. The largest absolute Gasteiger partial charge is 0.468 e. The fourth-order valence-electron chi connectivity index (χ4n) is 1.15. The van der Waals surface area contributed by atoms with Crippen molar-refractivity contribution in [3.8, 4) is 0 Å². The van der Waals surface area contributed by atoms with Crippen LogP contribution in [0.15, 0.2) is 26.9 Å². The summed E-state index contributed by atoms with van der Waals surface area (Å²) in [6.07, 6.45) is 3.66. The Labute approximate surface area is 105 Å². The van der Waals surface area contributed by atoms with Crippen LogP contribution in [0.2, 0.25) is 0 Å². The van der Waals surface area contributed by atoms with Gasteiger partial charge in [-0.15, -0.1) is 23.1 Å². The maximum atomic E-state index is 5.37. The van der Waals surface area contributed by atoms with Gasteiger partial charge in [0.1, 0.15) is 5.76 Å². The van der Waals surface area contributed by atoms with Crippen LogP contribution in [0.1, 0.15) is 16.2 Å². The molecule has 2 nitrogen and oxygen atoms in total. The van der Waals surface area contributed by atoms with E-state index in [2.05, 4.69) is 27.8 Å². The average molecular weight is 304 g/mol. The van der Waals surface area contributed by atoms with E-state index in [0.717, 1.165) is 21.2 Å². The van der Waals surface area contributed by atoms with Crippen LogP contribution in [0.4, 0.5) is 0 Å². The summed E-state index contributed by atoms with van der Waals surface area (Å²) in [6, 6.07) is 2.00. The van der Waals surface area contributed by atoms with E-state index in [0.29, 0.717) is 0 Å². The van der Waals surface area contributed by atoms with Gasteiger partial charge in [0, 0.05) is 16.8 Å². The molecule has 0 atom stereocenters. The molecule has 15 heavy (non-hydrogen) atoms. The predicted molar refractivity (Wildman–Crippen MR) is 68.3 cm³/mol. The zero-order chi connectivity index (χ0) is 10.7. The smallest absolute Gasteiger partial charge is 0.159 e. The summed E-state index contributed by atoms with van der Waals surface area (Å²) in [4.78, 5) is 5.44. The van der Waals surface area contributed by atoms with Crippen molar-refractivity contribution in [3.63, 3.8) is 0 Å². The molecule has 2 rings (SSSR count). The minimum atomic E-state index is 0.925. The number of thioether (sulfide) groups is 1. The van der Waals surface area contributed by atoms with Crippen LogP contribution in [0.25, 0.3) is 0 Å². The third kappa shape index (κ3) is 3.09. The van der Waals surface area contributed by atoms with E-state index in [1.165, 1.54) is 10.4 Å². The van der Waals surface area contributed by atoms with E-state index >= 15 is 0 Å². The van der Waals surface area contributed by atoms with Gasteiger partial charge in [0.25, 0.3) is 0 Å². The maximum absolute atomic E-state index is 5.37. The lowest BCUT2D eigenvalue weighted by Gasteiger charge is -1.97. The van der Waals surface area contributed by atoms with Crippen LogP contribution in [-0.2, 0) is 11.5 Å². The number of hydrogen-bond acceptors (Lipinski definition) is 4. The fourth-order valence-corrected chi connectivity index (χ4v) is 3.64. The third-order valence-corrected chi connectivity index (χ3v) is 4.61. The van der Waals surface area contributed by atoms with Gasteiger partial charge in [-0.3, -0.25) is 0 Å². The highest BCUT2D eigenvalue weighted by molar-refractivity contribution is 9.11. The molecule has 0 bridgehead atoms. The predicted octanol–water partition coefficient (Wildman–Crippen LogP) is 4.24.